The molecule has 0 fully saturated rings. The Balaban J connectivity index is 0.000000983. The maximum Gasteiger partial charge on any atom is -0.0590 e. The van der Waals surface area contributed by atoms with Crippen LogP contribution in [0.4, 0.5) is 0 Å². The van der Waals surface area contributed by atoms with Crippen LogP contribution in [0.2, 0.25) is 0 Å². The van der Waals surface area contributed by atoms with Crippen LogP contribution >= 0.6 is 0 Å². The van der Waals surface area contributed by atoms with E-state index in [4.69, 9.17) is 23.9 Å². The number of pyridine rings is 2. The first-order valence-electron chi connectivity index (χ1n) is 13.3. The number of nitrogens with one attached hydrogen (secondary N) is 1. The minimum atomic E-state index is -1.10. The Bertz CT molecular complexity index is 1530. The molecule has 0 saturated carbocycles. The number of aromatic nitrogens is 2. The van der Waals surface area contributed by atoms with E-state index in [0.717, 1.165) is 48.9 Å². The zero-order valence-electron chi connectivity index (χ0n) is 22.9. The molecule has 1 aromatic carbocycles. The molecule has 1 unspecified atom stereocenters. The summed E-state index contributed by atoms with van der Waals surface area (Å²) in [7, 11) is 0. The number of benzene rings is 1. The van der Waals surface area contributed by atoms with Crippen LogP contribution in [0.1, 0.15) is 69.4 Å². The van der Waals surface area contributed by atoms with Crippen LogP contribution in [0.15, 0.2) is 18.2 Å². The number of ether oxygens (including phenoxy) is 4. The second-order valence-corrected chi connectivity index (χ2v) is 10.9. The molecule has 1 N–H and O–H groups in total. The van der Waals surface area contributed by atoms with Gasteiger partial charge in [0.2, 0.25) is 0 Å². The molecule has 0 bridgehead atoms. The first kappa shape index (κ1) is 27.4. The van der Waals surface area contributed by atoms with E-state index in [1.165, 1.54) is 13.3 Å². The predicted molar refractivity (Wildman–Crippen MR) is 147 cm³/mol. The molecule has 3 aromatic rings. The zero-order chi connectivity index (χ0) is 27.8. The van der Waals surface area contributed by atoms with Gasteiger partial charge in [0, 0.05) is 0 Å². The number of cyclic esters (lactones) is 1. The van der Waals surface area contributed by atoms with E-state index in [0.29, 0.717) is 43.7 Å². The maximum atomic E-state index is 12.5. The molecule has 5 heterocycles. The fourth-order valence-electron chi connectivity index (χ4n) is 5.02. The molecule has 3 aliphatic rings. The maximum absolute atomic E-state index is 12.5. The predicted octanol–water partition coefficient (Wildman–Crippen LogP) is 4.11. The van der Waals surface area contributed by atoms with E-state index >= 15 is 0 Å². The summed E-state index contributed by atoms with van der Waals surface area (Å²) < 4.78 is 25.4. The zero-order valence-corrected chi connectivity index (χ0v) is 24.6. The molecule has 206 valence electrons. The molecule has 10 heteroatoms. The summed E-state index contributed by atoms with van der Waals surface area (Å²) in [6.45, 7) is 12.2. The van der Waals surface area contributed by atoms with Gasteiger partial charge in [-0.3, -0.25) is 0 Å². The first-order valence-corrected chi connectivity index (χ1v) is 14.2. The molecule has 0 saturated heterocycles. The summed E-state index contributed by atoms with van der Waals surface area (Å²) >= 11 is 3.16. The molecular weight excluding hydrogens is 565 g/mol. The van der Waals surface area contributed by atoms with Crippen LogP contribution in [-0.2, 0) is 38.8 Å². The van der Waals surface area contributed by atoms with Gasteiger partial charge in [-0.25, -0.2) is 0 Å². The summed E-state index contributed by atoms with van der Waals surface area (Å²) in [5, 5.41) is 4.57. The number of fused-ring (bicyclic) bond motifs is 6. The molecule has 3 aliphatic heterocycles. The van der Waals surface area contributed by atoms with Gasteiger partial charge in [0.15, 0.2) is 0 Å². The second-order valence-electron chi connectivity index (χ2n) is 10.1. The van der Waals surface area contributed by atoms with Crippen LogP contribution in [-0.4, -0.2) is 56.3 Å². The molecule has 39 heavy (non-hydrogen) atoms. The summed E-state index contributed by atoms with van der Waals surface area (Å²) in [6, 6.07) is 6.16. The van der Waals surface area contributed by atoms with Crippen molar-refractivity contribution in [1.29, 1.82) is 0 Å². The minimum absolute atomic E-state index is 0.115. The van der Waals surface area contributed by atoms with Crippen LogP contribution in [0.5, 0.6) is 11.5 Å². The largest absolute Gasteiger partial charge is 0.0656 e. The number of carbonyl (C=O) groups excluding carboxylic acids is 2. The van der Waals surface area contributed by atoms with Crippen molar-refractivity contribution in [1.82, 2.24) is 14.9 Å². The fraction of sp³-hybridized carbons (Fsp3) is 0.448. The van der Waals surface area contributed by atoms with Gasteiger partial charge in [0.1, 0.15) is 0 Å². The molecule has 0 aliphatic carbocycles. The Labute approximate surface area is 235 Å². The Hall–Kier alpha value is -3.20. The Morgan fingerprint density at radius 1 is 1.15 bits per heavy atom. The average molecular weight is 599 g/mol. The summed E-state index contributed by atoms with van der Waals surface area (Å²) in [4.78, 5) is 29.3. The Kier molecular flexibility index (Phi) is 7.80. The molecule has 0 spiro atoms. The second kappa shape index (κ2) is 11.1. The fourth-order valence-corrected chi connectivity index (χ4v) is 5.73. The number of carbonyl (C=O) groups is 2. The molecule has 6 rings (SSSR count). The van der Waals surface area contributed by atoms with Crippen molar-refractivity contribution in [3.8, 4) is 22.9 Å². The Morgan fingerprint density at radius 2 is 1.85 bits per heavy atom. The third-order valence-electron chi connectivity index (χ3n) is 6.69. The molecule has 0 radical (unpaired) electrons. The van der Waals surface area contributed by atoms with Gasteiger partial charge in [-0.1, -0.05) is 20.3 Å². The quantitative estimate of drug-likeness (QED) is 0.277. The number of nitrogens with zero attached hydrogens (tertiary/aromatic N) is 2. The van der Waals surface area contributed by atoms with Crippen LogP contribution < -0.4 is 14.8 Å². The van der Waals surface area contributed by atoms with Gasteiger partial charge >= 0.3 is 215 Å². The van der Waals surface area contributed by atoms with Gasteiger partial charge < -0.3 is 0 Å². The standard InChI is InChI=1S/C26H25N3O6Se.C3H8/c1-12(2)27-9-16-14-7-21-22(33-5-4-32-21)8-19(14)28-23-17(16)10-29-20(23)6-15-18(25(29)36)11-34-26(31)24(15)35-13(3)30;1-3-2/h6-8,12,24,27H,4-5,9-11H2,1-3H3;3H2,1-2H3. The van der Waals surface area contributed by atoms with Crippen molar-refractivity contribution < 1.29 is 28.5 Å². The molecule has 0 amide bonds. The van der Waals surface area contributed by atoms with Crippen molar-refractivity contribution in [2.45, 2.75) is 72.9 Å². The van der Waals surface area contributed by atoms with Gasteiger partial charge in [-0.2, -0.15) is 0 Å². The topological polar surface area (TPSA) is 101 Å². The van der Waals surface area contributed by atoms with Gasteiger partial charge in [0.25, 0.3) is 0 Å². The molecular formula is C29H33N3O6Se. The smallest absolute Gasteiger partial charge is 0.0590 e. The minimum Gasteiger partial charge on any atom is -0.0656 e. The van der Waals surface area contributed by atoms with E-state index in [-0.39, 0.29) is 6.61 Å². The summed E-state index contributed by atoms with van der Waals surface area (Å²) in [5.41, 5.74) is 6.17. The third kappa shape index (κ3) is 5.09. The van der Waals surface area contributed by atoms with E-state index in [1.807, 2.05) is 18.2 Å². The van der Waals surface area contributed by atoms with Crippen molar-refractivity contribution >= 4 is 38.4 Å². The normalized spacial score (nSPS) is 16.6. The van der Waals surface area contributed by atoms with E-state index in [1.54, 1.807) is 0 Å². The van der Waals surface area contributed by atoms with Crippen molar-refractivity contribution in [3.05, 3.63) is 44.6 Å². The molecule has 2 aromatic heterocycles. The van der Waals surface area contributed by atoms with E-state index in [2.05, 4.69) is 53.2 Å². The van der Waals surface area contributed by atoms with Crippen molar-refractivity contribution in [2.24, 2.45) is 0 Å². The first-order chi connectivity index (χ1) is 18.7. The number of rotatable bonds is 4. The van der Waals surface area contributed by atoms with Crippen LogP contribution in [0.3, 0.4) is 0 Å². The summed E-state index contributed by atoms with van der Waals surface area (Å²) in [5.74, 6) is 0.294. The number of esters is 2. The molecule has 9 nitrogen and oxygen atoms in total. The van der Waals surface area contributed by atoms with Gasteiger partial charge in [-0.15, -0.1) is 0 Å². The SMILES string of the molecule is CC(=O)OC1C(=O)OCc2c1cc1n(c2=[Se])Cc2c-1nc1cc3c(cc1c2CNC(C)C)OCCO3.CCC. The van der Waals surface area contributed by atoms with E-state index < -0.39 is 18.0 Å². The van der Waals surface area contributed by atoms with Crippen molar-refractivity contribution in [2.75, 3.05) is 13.2 Å². The van der Waals surface area contributed by atoms with Crippen LogP contribution in [0, 0.1) is 4.19 Å². The van der Waals surface area contributed by atoms with Gasteiger partial charge in [0.05, 0.1) is 0 Å². The van der Waals surface area contributed by atoms with Crippen LogP contribution in [0.25, 0.3) is 22.3 Å². The third-order valence-corrected chi connectivity index (χ3v) is 7.67. The van der Waals surface area contributed by atoms with Crippen molar-refractivity contribution in [3.63, 3.8) is 0 Å². The monoisotopic (exact) mass is 599 g/mol. The number of hydrogen-bond donors (Lipinski definition) is 1. The molecule has 1 atom stereocenters. The summed E-state index contributed by atoms with van der Waals surface area (Å²) in [6.07, 6.45) is 0.147. The Morgan fingerprint density at radius 3 is 2.51 bits per heavy atom. The van der Waals surface area contributed by atoms with Gasteiger partial charge in [-0.05, 0) is 0 Å². The van der Waals surface area contributed by atoms with E-state index in [9.17, 15) is 9.59 Å². The number of hydrogen-bond acceptors (Lipinski definition) is 8. The average Bonchev–Trinajstić information content (AvgIpc) is 3.26.